The predicted octanol–water partition coefficient (Wildman–Crippen LogP) is 12.9. The summed E-state index contributed by atoms with van der Waals surface area (Å²) in [6.45, 7) is 11.4. The average Bonchev–Trinajstić information content (AvgIpc) is 3.91. The first-order valence-electron chi connectivity index (χ1n) is 23.1. The number of ether oxygens (including phenoxy) is 2. The summed E-state index contributed by atoms with van der Waals surface area (Å²) in [5.74, 6) is 0.564. The monoisotopic (exact) mass is 736 g/mol. The maximum atomic E-state index is 12.9. The van der Waals surface area contributed by atoms with Crippen molar-refractivity contribution in [3.05, 3.63) is 0 Å². The minimum absolute atomic E-state index is 0.0237. The Morgan fingerprint density at radius 3 is 1.60 bits per heavy atom. The first kappa shape index (κ1) is 48.9. The van der Waals surface area contributed by atoms with E-state index >= 15 is 0 Å². The highest BCUT2D eigenvalue weighted by Crippen LogP contribution is 2.53. The van der Waals surface area contributed by atoms with Gasteiger partial charge in [-0.1, -0.05) is 156 Å². The van der Waals surface area contributed by atoms with Crippen molar-refractivity contribution < 1.29 is 24.2 Å². The fourth-order valence-corrected chi connectivity index (χ4v) is 7.74. The van der Waals surface area contributed by atoms with E-state index in [1.807, 2.05) is 0 Å². The Balaban J connectivity index is 2.18. The van der Waals surface area contributed by atoms with Gasteiger partial charge < -0.3 is 19.5 Å². The zero-order chi connectivity index (χ0) is 37.8. The van der Waals surface area contributed by atoms with Gasteiger partial charge in [-0.15, -0.1) is 0 Å². The van der Waals surface area contributed by atoms with Gasteiger partial charge in [0.05, 0.1) is 19.6 Å². The number of nitrogens with zero attached hydrogens (tertiary/aromatic N) is 1. The Kier molecular flexibility index (Phi) is 33.4. The molecule has 1 aliphatic rings. The predicted molar refractivity (Wildman–Crippen MR) is 221 cm³/mol. The van der Waals surface area contributed by atoms with Crippen LogP contribution in [0, 0.1) is 11.3 Å². The Hall–Kier alpha value is -1.14. The number of hydrogen-bond donors (Lipinski definition) is 1. The summed E-state index contributed by atoms with van der Waals surface area (Å²) < 4.78 is 11.4. The smallest absolute Gasteiger partial charge is 0.306 e. The number of aliphatic hydroxyl groups excluding tert-OH is 1. The van der Waals surface area contributed by atoms with Crippen LogP contribution in [0.5, 0.6) is 0 Å². The van der Waals surface area contributed by atoms with Crippen LogP contribution in [0.1, 0.15) is 233 Å². The lowest BCUT2D eigenvalue weighted by Gasteiger charge is -2.22. The van der Waals surface area contributed by atoms with Gasteiger partial charge in [0.15, 0.2) is 0 Å². The summed E-state index contributed by atoms with van der Waals surface area (Å²) in [7, 11) is 0. The zero-order valence-corrected chi connectivity index (χ0v) is 35.2. The number of unbranched alkanes of at least 4 members (excludes halogenated alkanes) is 20. The largest absolute Gasteiger partial charge is 0.466 e. The third-order valence-electron chi connectivity index (χ3n) is 11.6. The summed E-state index contributed by atoms with van der Waals surface area (Å²) in [4.78, 5) is 27.5. The van der Waals surface area contributed by atoms with Crippen LogP contribution in [0.25, 0.3) is 0 Å². The van der Waals surface area contributed by atoms with E-state index in [9.17, 15) is 14.7 Å². The van der Waals surface area contributed by atoms with Gasteiger partial charge in [-0.2, -0.15) is 0 Å². The van der Waals surface area contributed by atoms with Gasteiger partial charge in [0.2, 0.25) is 0 Å². The van der Waals surface area contributed by atoms with Crippen molar-refractivity contribution in [3.8, 4) is 0 Å². The maximum absolute atomic E-state index is 12.9. The molecule has 6 heteroatoms. The molecule has 0 aromatic carbocycles. The molecule has 0 aromatic rings. The maximum Gasteiger partial charge on any atom is 0.306 e. The van der Waals surface area contributed by atoms with E-state index in [0.29, 0.717) is 32.0 Å². The van der Waals surface area contributed by atoms with Crippen LogP contribution >= 0.6 is 0 Å². The highest BCUT2D eigenvalue weighted by molar-refractivity contribution is 5.70. The van der Waals surface area contributed by atoms with E-state index in [1.54, 1.807) is 0 Å². The van der Waals surface area contributed by atoms with Crippen molar-refractivity contribution in [1.82, 2.24) is 4.90 Å². The Labute approximate surface area is 323 Å². The van der Waals surface area contributed by atoms with E-state index in [4.69, 9.17) is 9.47 Å². The van der Waals surface area contributed by atoms with E-state index in [-0.39, 0.29) is 24.0 Å². The van der Waals surface area contributed by atoms with Crippen LogP contribution in [-0.4, -0.2) is 61.4 Å². The minimum atomic E-state index is -0.0237. The lowest BCUT2D eigenvalue weighted by atomic mass is 9.94. The average molecular weight is 736 g/mol. The second kappa shape index (κ2) is 35.6. The molecular weight excluding hydrogens is 647 g/mol. The van der Waals surface area contributed by atoms with Crippen LogP contribution in [0.2, 0.25) is 0 Å². The molecule has 1 N–H and O–H groups in total. The normalized spacial score (nSPS) is 13.7. The standard InChI is InChI=1S/C46H89NO5/c1-4-7-10-13-14-20-28-40-51-44(49)32-24-18-15-19-26-36-47(38-29-39-48)37-27-21-25-33-46(34-35-46)41-45(50)52-42-43(30-22-16-11-8-5-2)31-23-17-12-9-6-3/h43,48H,4-42H2,1-3H3. The van der Waals surface area contributed by atoms with Crippen molar-refractivity contribution in [2.75, 3.05) is 39.5 Å². The molecule has 1 fully saturated rings. The van der Waals surface area contributed by atoms with Crippen LogP contribution in [0.3, 0.4) is 0 Å². The molecule has 1 rings (SSSR count). The van der Waals surface area contributed by atoms with Crippen molar-refractivity contribution in [1.29, 1.82) is 0 Å². The van der Waals surface area contributed by atoms with Gasteiger partial charge in [-0.25, -0.2) is 0 Å². The molecule has 0 amide bonds. The Bertz CT molecular complexity index is 786. The number of esters is 2. The van der Waals surface area contributed by atoms with E-state index in [1.165, 1.54) is 167 Å². The molecule has 1 aliphatic carbocycles. The van der Waals surface area contributed by atoms with Gasteiger partial charge in [0, 0.05) is 19.6 Å². The molecular formula is C46H89NO5. The van der Waals surface area contributed by atoms with Crippen LogP contribution in [0.15, 0.2) is 0 Å². The minimum Gasteiger partial charge on any atom is -0.466 e. The lowest BCUT2D eigenvalue weighted by Crippen LogP contribution is -2.28. The van der Waals surface area contributed by atoms with E-state index in [0.717, 1.165) is 51.7 Å². The Morgan fingerprint density at radius 2 is 1.04 bits per heavy atom. The topological polar surface area (TPSA) is 76.1 Å². The highest BCUT2D eigenvalue weighted by atomic mass is 16.5. The summed E-state index contributed by atoms with van der Waals surface area (Å²) in [5, 5.41) is 9.43. The third-order valence-corrected chi connectivity index (χ3v) is 11.6. The molecule has 0 atom stereocenters. The molecule has 0 aromatic heterocycles. The zero-order valence-electron chi connectivity index (χ0n) is 35.2. The second-order valence-electron chi connectivity index (χ2n) is 16.7. The van der Waals surface area contributed by atoms with Gasteiger partial charge in [0.1, 0.15) is 0 Å². The quantitative estimate of drug-likeness (QED) is 0.0498. The fourth-order valence-electron chi connectivity index (χ4n) is 7.74. The molecule has 52 heavy (non-hydrogen) atoms. The fraction of sp³-hybridized carbons (Fsp3) is 0.957. The highest BCUT2D eigenvalue weighted by Gasteiger charge is 2.44. The number of aliphatic hydroxyl groups is 1. The Morgan fingerprint density at radius 1 is 0.558 bits per heavy atom. The van der Waals surface area contributed by atoms with E-state index in [2.05, 4.69) is 25.7 Å². The summed E-state index contributed by atoms with van der Waals surface area (Å²) in [6, 6.07) is 0. The number of rotatable bonds is 41. The third kappa shape index (κ3) is 30.2. The lowest BCUT2D eigenvalue weighted by molar-refractivity contribution is -0.147. The van der Waals surface area contributed by atoms with E-state index < -0.39 is 0 Å². The van der Waals surface area contributed by atoms with Crippen molar-refractivity contribution >= 4 is 11.9 Å². The molecule has 0 heterocycles. The van der Waals surface area contributed by atoms with Crippen molar-refractivity contribution in [2.24, 2.45) is 11.3 Å². The molecule has 6 nitrogen and oxygen atoms in total. The molecule has 308 valence electrons. The van der Waals surface area contributed by atoms with Crippen LogP contribution in [0.4, 0.5) is 0 Å². The summed E-state index contributed by atoms with van der Waals surface area (Å²) in [5.41, 5.74) is 0.216. The van der Waals surface area contributed by atoms with Gasteiger partial charge >= 0.3 is 11.9 Å². The molecule has 0 unspecified atom stereocenters. The number of carbonyl (C=O) groups is 2. The first-order valence-corrected chi connectivity index (χ1v) is 23.1. The SMILES string of the molecule is CCCCCCCCCOC(=O)CCCCCCCN(CCCO)CCCCCC1(CC(=O)OCC(CCCCCCC)CCCCCCC)CC1. The molecule has 0 saturated heterocycles. The molecule has 0 spiro atoms. The molecule has 0 radical (unpaired) electrons. The number of carbonyl (C=O) groups excluding carboxylic acids is 2. The van der Waals surface area contributed by atoms with Gasteiger partial charge in [0.25, 0.3) is 0 Å². The summed E-state index contributed by atoms with van der Waals surface area (Å²) in [6.07, 6.45) is 38.9. The van der Waals surface area contributed by atoms with Crippen LogP contribution < -0.4 is 0 Å². The van der Waals surface area contributed by atoms with Crippen molar-refractivity contribution in [3.63, 3.8) is 0 Å². The first-order chi connectivity index (χ1) is 25.5. The van der Waals surface area contributed by atoms with Crippen molar-refractivity contribution in [2.45, 2.75) is 233 Å². The molecule has 1 saturated carbocycles. The van der Waals surface area contributed by atoms with Crippen LogP contribution in [-0.2, 0) is 19.1 Å². The van der Waals surface area contributed by atoms with Gasteiger partial charge in [-0.05, 0) is 88.6 Å². The molecule has 0 bridgehead atoms. The van der Waals surface area contributed by atoms with Gasteiger partial charge in [-0.3, -0.25) is 9.59 Å². The second-order valence-corrected chi connectivity index (χ2v) is 16.7. The summed E-state index contributed by atoms with van der Waals surface area (Å²) >= 11 is 0. The number of hydrogen-bond acceptors (Lipinski definition) is 6. The molecule has 0 aliphatic heterocycles.